The van der Waals surface area contributed by atoms with E-state index in [9.17, 15) is 9.59 Å². The molecule has 2 N–H and O–H groups in total. The lowest BCUT2D eigenvalue weighted by Crippen LogP contribution is -2.40. The number of hydrogen-bond donors (Lipinski definition) is 2. The van der Waals surface area contributed by atoms with E-state index in [1.807, 2.05) is 25.1 Å². The van der Waals surface area contributed by atoms with Gasteiger partial charge in [-0.05, 0) is 30.5 Å². The zero-order chi connectivity index (χ0) is 19.1. The number of carbonyl (C=O) groups excluding carboxylic acids is 2. The van der Waals surface area contributed by atoms with E-state index in [0.29, 0.717) is 18.7 Å². The second-order valence-electron chi connectivity index (χ2n) is 6.46. The molecule has 1 aliphatic rings. The molecule has 0 aliphatic carbocycles. The number of esters is 1. The van der Waals surface area contributed by atoms with E-state index in [0.717, 1.165) is 24.6 Å². The van der Waals surface area contributed by atoms with Crippen LogP contribution in [0.15, 0.2) is 29.3 Å². The minimum atomic E-state index is -0.172. The molecule has 1 aliphatic heterocycles. The number of guanidine groups is 1. The fourth-order valence-electron chi connectivity index (χ4n) is 3.15. The Balaban J connectivity index is 0.00000364. The number of rotatable bonds is 5. The predicted octanol–water partition coefficient (Wildman–Crippen LogP) is 1.87. The van der Waals surface area contributed by atoms with Gasteiger partial charge in [0.2, 0.25) is 0 Å². The van der Waals surface area contributed by atoms with Gasteiger partial charge in [-0.25, -0.2) is 4.99 Å². The number of halogens is 1. The van der Waals surface area contributed by atoms with E-state index in [4.69, 9.17) is 9.73 Å². The van der Waals surface area contributed by atoms with Crippen molar-refractivity contribution in [3.63, 3.8) is 0 Å². The summed E-state index contributed by atoms with van der Waals surface area (Å²) in [5, 5.41) is 5.91. The molecule has 150 valence electrons. The van der Waals surface area contributed by atoms with Crippen molar-refractivity contribution in [3.8, 4) is 0 Å². The molecule has 2 atom stereocenters. The maximum Gasteiger partial charge on any atom is 0.310 e. The summed E-state index contributed by atoms with van der Waals surface area (Å²) < 4.78 is 4.90. The average Bonchev–Trinajstić information content (AvgIpc) is 3.05. The number of carbonyl (C=O) groups is 2. The molecule has 7 nitrogen and oxygen atoms in total. The third kappa shape index (κ3) is 6.08. The van der Waals surface area contributed by atoms with Crippen LogP contribution in [0.2, 0.25) is 0 Å². The first-order valence-corrected chi connectivity index (χ1v) is 8.92. The number of hydrogen-bond acceptors (Lipinski definition) is 4. The standard InChI is InChI=1S/C19H28N4O3.HI/c1-5-21-19(23-11-13(2)16(12-23)18(25)26-4)22-10-14-7-6-8-15(9-14)17(24)20-3;/h6-9,13,16H,5,10-12H2,1-4H3,(H,20,24)(H,21,22);1H. The Hall–Kier alpha value is -1.84. The van der Waals surface area contributed by atoms with Crippen LogP contribution in [0.5, 0.6) is 0 Å². The smallest absolute Gasteiger partial charge is 0.310 e. The van der Waals surface area contributed by atoms with E-state index in [1.165, 1.54) is 7.11 Å². The SMILES string of the molecule is CCNC(=NCc1cccc(C(=O)NC)c1)N1CC(C)C(C(=O)OC)C1.I. The van der Waals surface area contributed by atoms with Crippen molar-refractivity contribution in [2.45, 2.75) is 20.4 Å². The highest BCUT2D eigenvalue weighted by Crippen LogP contribution is 2.24. The van der Waals surface area contributed by atoms with Gasteiger partial charge in [0.05, 0.1) is 19.6 Å². The summed E-state index contributed by atoms with van der Waals surface area (Å²) in [7, 11) is 3.04. The van der Waals surface area contributed by atoms with Gasteiger partial charge in [-0.1, -0.05) is 19.1 Å². The molecular weight excluding hydrogens is 459 g/mol. The van der Waals surface area contributed by atoms with Crippen molar-refractivity contribution in [2.24, 2.45) is 16.8 Å². The molecule has 1 aromatic carbocycles. The Morgan fingerprint density at radius 3 is 2.70 bits per heavy atom. The van der Waals surface area contributed by atoms with Gasteiger partial charge in [-0.2, -0.15) is 0 Å². The number of nitrogens with zero attached hydrogens (tertiary/aromatic N) is 2. The number of methoxy groups -OCH3 is 1. The highest BCUT2D eigenvalue weighted by Gasteiger charge is 2.36. The molecule has 1 amide bonds. The number of aliphatic imine (C=N–C) groups is 1. The van der Waals surface area contributed by atoms with E-state index in [2.05, 4.69) is 22.5 Å². The third-order valence-electron chi connectivity index (χ3n) is 4.58. The Morgan fingerprint density at radius 2 is 2.07 bits per heavy atom. The molecule has 1 aromatic rings. The van der Waals surface area contributed by atoms with Crippen molar-refractivity contribution in [3.05, 3.63) is 35.4 Å². The third-order valence-corrected chi connectivity index (χ3v) is 4.58. The second-order valence-corrected chi connectivity index (χ2v) is 6.46. The Labute approximate surface area is 178 Å². The Morgan fingerprint density at radius 1 is 1.33 bits per heavy atom. The maximum atomic E-state index is 11.9. The first-order valence-electron chi connectivity index (χ1n) is 8.92. The lowest BCUT2D eigenvalue weighted by Gasteiger charge is -2.21. The van der Waals surface area contributed by atoms with Gasteiger partial charge < -0.3 is 20.3 Å². The van der Waals surface area contributed by atoms with Crippen molar-refractivity contribution in [2.75, 3.05) is 33.8 Å². The summed E-state index contributed by atoms with van der Waals surface area (Å²) >= 11 is 0. The van der Waals surface area contributed by atoms with E-state index in [-0.39, 0.29) is 47.7 Å². The van der Waals surface area contributed by atoms with Crippen LogP contribution in [0.4, 0.5) is 0 Å². The van der Waals surface area contributed by atoms with Crippen LogP contribution in [-0.4, -0.2) is 56.5 Å². The molecule has 1 saturated heterocycles. The minimum Gasteiger partial charge on any atom is -0.469 e. The Bertz CT molecular complexity index is 681. The molecule has 0 radical (unpaired) electrons. The molecule has 8 heteroatoms. The topological polar surface area (TPSA) is 83.0 Å². The number of amides is 1. The molecule has 1 fully saturated rings. The predicted molar refractivity (Wildman–Crippen MR) is 116 cm³/mol. The van der Waals surface area contributed by atoms with Crippen LogP contribution >= 0.6 is 24.0 Å². The fourth-order valence-corrected chi connectivity index (χ4v) is 3.15. The van der Waals surface area contributed by atoms with Gasteiger partial charge >= 0.3 is 5.97 Å². The lowest BCUT2D eigenvalue weighted by atomic mass is 9.99. The van der Waals surface area contributed by atoms with Crippen LogP contribution in [0.1, 0.15) is 29.8 Å². The summed E-state index contributed by atoms with van der Waals surface area (Å²) in [6, 6.07) is 7.42. The van der Waals surface area contributed by atoms with E-state index in [1.54, 1.807) is 13.1 Å². The van der Waals surface area contributed by atoms with Crippen molar-refractivity contribution >= 4 is 41.8 Å². The quantitative estimate of drug-likeness (QED) is 0.286. The van der Waals surface area contributed by atoms with Gasteiger partial charge in [0, 0.05) is 32.2 Å². The van der Waals surface area contributed by atoms with Crippen LogP contribution in [0, 0.1) is 11.8 Å². The molecule has 27 heavy (non-hydrogen) atoms. The first-order chi connectivity index (χ1) is 12.5. The van der Waals surface area contributed by atoms with Crippen molar-refractivity contribution in [1.82, 2.24) is 15.5 Å². The van der Waals surface area contributed by atoms with Gasteiger partial charge in [-0.15, -0.1) is 24.0 Å². The van der Waals surface area contributed by atoms with E-state index >= 15 is 0 Å². The van der Waals surface area contributed by atoms with Gasteiger partial charge in [0.15, 0.2) is 5.96 Å². The first kappa shape index (κ1) is 23.2. The van der Waals surface area contributed by atoms with Crippen LogP contribution < -0.4 is 10.6 Å². The minimum absolute atomic E-state index is 0. The monoisotopic (exact) mass is 488 g/mol. The van der Waals surface area contributed by atoms with Crippen LogP contribution in [-0.2, 0) is 16.1 Å². The molecule has 0 spiro atoms. The van der Waals surface area contributed by atoms with Gasteiger partial charge in [0.25, 0.3) is 5.91 Å². The van der Waals surface area contributed by atoms with Crippen LogP contribution in [0.25, 0.3) is 0 Å². The van der Waals surface area contributed by atoms with Gasteiger partial charge in [0.1, 0.15) is 0 Å². The normalized spacial score (nSPS) is 19.3. The largest absolute Gasteiger partial charge is 0.469 e. The highest BCUT2D eigenvalue weighted by molar-refractivity contribution is 14.0. The number of ether oxygens (including phenoxy) is 1. The van der Waals surface area contributed by atoms with E-state index < -0.39 is 0 Å². The summed E-state index contributed by atoms with van der Waals surface area (Å²) in [6.45, 7) is 6.62. The highest BCUT2D eigenvalue weighted by atomic mass is 127. The zero-order valence-electron chi connectivity index (χ0n) is 16.3. The molecule has 2 rings (SSSR count). The molecule has 2 unspecified atom stereocenters. The lowest BCUT2D eigenvalue weighted by molar-refractivity contribution is -0.145. The van der Waals surface area contributed by atoms with Crippen LogP contribution in [0.3, 0.4) is 0 Å². The van der Waals surface area contributed by atoms with Crippen molar-refractivity contribution in [1.29, 1.82) is 0 Å². The Kier molecular flexibility index (Phi) is 9.54. The molecular formula is C19H29IN4O3. The number of likely N-dealkylation sites (tertiary alicyclic amines) is 1. The summed E-state index contributed by atoms with van der Waals surface area (Å²) in [5.74, 6) is 0.561. The number of benzene rings is 1. The summed E-state index contributed by atoms with van der Waals surface area (Å²) in [6.07, 6.45) is 0. The molecule has 0 aromatic heterocycles. The average molecular weight is 488 g/mol. The molecule has 0 saturated carbocycles. The maximum absolute atomic E-state index is 11.9. The molecule has 0 bridgehead atoms. The van der Waals surface area contributed by atoms with Crippen molar-refractivity contribution < 1.29 is 14.3 Å². The van der Waals surface area contributed by atoms with Gasteiger partial charge in [-0.3, -0.25) is 9.59 Å². The second kappa shape index (κ2) is 11.1. The summed E-state index contributed by atoms with van der Waals surface area (Å²) in [5.41, 5.74) is 1.57. The summed E-state index contributed by atoms with van der Waals surface area (Å²) in [4.78, 5) is 30.5. The number of nitrogens with one attached hydrogen (secondary N) is 2. The fraction of sp³-hybridized carbons (Fsp3) is 0.526. The zero-order valence-corrected chi connectivity index (χ0v) is 18.7. The molecule has 1 heterocycles.